The normalized spacial score (nSPS) is 24.1. The largest absolute Gasteiger partial charge is 0.395 e. The lowest BCUT2D eigenvalue weighted by Gasteiger charge is -2.57. The second-order valence-corrected chi connectivity index (χ2v) is 9.30. The van der Waals surface area contributed by atoms with Gasteiger partial charge in [0.25, 0.3) is 0 Å². The third kappa shape index (κ3) is 5.09. The van der Waals surface area contributed by atoms with Crippen molar-refractivity contribution in [3.05, 3.63) is 101 Å². The number of hydrogen-bond acceptors (Lipinski definition) is 4. The number of hydrogen-bond donors (Lipinski definition) is 1. The average molecular weight is 440 g/mol. The summed E-state index contributed by atoms with van der Waals surface area (Å²) in [5.41, 5.74) is 5.03. The molecule has 2 fully saturated rings. The van der Waals surface area contributed by atoms with Crippen LogP contribution in [0.15, 0.2) is 79.1 Å². The number of benzene rings is 2. The van der Waals surface area contributed by atoms with Gasteiger partial charge < -0.3 is 5.11 Å². The third-order valence-electron chi connectivity index (χ3n) is 7.17. The Morgan fingerprint density at radius 2 is 1.64 bits per heavy atom. The van der Waals surface area contributed by atoms with Crippen LogP contribution in [0.3, 0.4) is 0 Å². The molecule has 3 heterocycles. The molecule has 0 aliphatic carbocycles. The summed E-state index contributed by atoms with van der Waals surface area (Å²) in [5.74, 6) is 0.372. The van der Waals surface area contributed by atoms with Gasteiger partial charge in [0.05, 0.1) is 6.61 Å². The number of aliphatic hydroxyl groups excluding tert-OH is 1. The van der Waals surface area contributed by atoms with E-state index in [4.69, 9.17) is 0 Å². The van der Waals surface area contributed by atoms with E-state index < -0.39 is 0 Å². The van der Waals surface area contributed by atoms with Gasteiger partial charge in [-0.25, -0.2) is 0 Å². The SMILES string of the molecule is OC[C@H]1[C@@H](c2ccc(C=Cc3ccccc3)cc2)[C@H]2CN(Cc3cccnc3)CCCCN21. The lowest BCUT2D eigenvalue weighted by molar-refractivity contribution is -0.0655. The molecule has 4 heteroatoms. The molecule has 33 heavy (non-hydrogen) atoms. The minimum absolute atomic E-state index is 0.221. The summed E-state index contributed by atoms with van der Waals surface area (Å²) in [4.78, 5) is 9.41. The van der Waals surface area contributed by atoms with Crippen molar-refractivity contribution in [1.29, 1.82) is 0 Å². The van der Waals surface area contributed by atoms with Gasteiger partial charge in [-0.3, -0.25) is 14.8 Å². The first-order chi connectivity index (χ1) is 16.3. The number of aliphatic hydroxyl groups is 1. The van der Waals surface area contributed by atoms with Gasteiger partial charge in [0.2, 0.25) is 0 Å². The highest BCUT2D eigenvalue weighted by Gasteiger charge is 2.48. The Kier molecular flexibility index (Phi) is 6.96. The predicted molar refractivity (Wildman–Crippen MR) is 135 cm³/mol. The van der Waals surface area contributed by atoms with Gasteiger partial charge in [0, 0.05) is 43.5 Å². The van der Waals surface area contributed by atoms with Gasteiger partial charge in [-0.15, -0.1) is 0 Å². The molecule has 0 spiro atoms. The van der Waals surface area contributed by atoms with Crippen molar-refractivity contribution in [2.75, 3.05) is 26.2 Å². The lowest BCUT2D eigenvalue weighted by Crippen LogP contribution is -2.67. The van der Waals surface area contributed by atoms with Crippen LogP contribution in [-0.2, 0) is 6.54 Å². The minimum Gasteiger partial charge on any atom is -0.395 e. The summed E-state index contributed by atoms with van der Waals surface area (Å²) in [5, 5.41) is 10.2. The van der Waals surface area contributed by atoms with Crippen molar-refractivity contribution in [2.45, 2.75) is 37.4 Å². The van der Waals surface area contributed by atoms with Crippen LogP contribution >= 0.6 is 0 Å². The van der Waals surface area contributed by atoms with Gasteiger partial charge in [-0.1, -0.05) is 72.8 Å². The number of nitrogens with zero attached hydrogens (tertiary/aromatic N) is 3. The van der Waals surface area contributed by atoms with Crippen molar-refractivity contribution in [1.82, 2.24) is 14.8 Å². The molecule has 3 aromatic rings. The topological polar surface area (TPSA) is 39.6 Å². The predicted octanol–water partition coefficient (Wildman–Crippen LogP) is 4.68. The van der Waals surface area contributed by atoms with E-state index in [-0.39, 0.29) is 12.6 Å². The Bertz CT molecular complexity index is 1040. The Morgan fingerprint density at radius 1 is 0.879 bits per heavy atom. The summed E-state index contributed by atoms with van der Waals surface area (Å²) in [7, 11) is 0. The highest BCUT2D eigenvalue weighted by Crippen LogP contribution is 2.42. The van der Waals surface area contributed by atoms with E-state index in [1.807, 2.05) is 24.5 Å². The van der Waals surface area contributed by atoms with E-state index in [0.717, 1.165) is 26.2 Å². The fourth-order valence-corrected chi connectivity index (χ4v) is 5.49. The number of aromatic nitrogens is 1. The quantitative estimate of drug-likeness (QED) is 0.566. The Labute approximate surface area is 197 Å². The summed E-state index contributed by atoms with van der Waals surface area (Å²) < 4.78 is 0. The van der Waals surface area contributed by atoms with Crippen LogP contribution in [0.25, 0.3) is 12.2 Å². The molecule has 1 aromatic heterocycles. The van der Waals surface area contributed by atoms with E-state index in [2.05, 4.69) is 81.5 Å². The van der Waals surface area contributed by atoms with E-state index in [1.54, 1.807) is 0 Å². The number of rotatable bonds is 6. The Hall–Kier alpha value is -2.79. The number of fused-ring (bicyclic) bond motifs is 1. The molecular formula is C29H33N3O. The highest BCUT2D eigenvalue weighted by atomic mass is 16.3. The first kappa shape index (κ1) is 22.0. The van der Waals surface area contributed by atoms with Crippen LogP contribution in [0.4, 0.5) is 0 Å². The van der Waals surface area contributed by atoms with Gasteiger partial charge in [0.15, 0.2) is 0 Å². The van der Waals surface area contributed by atoms with E-state index in [1.165, 1.54) is 35.1 Å². The molecule has 0 radical (unpaired) electrons. The second-order valence-electron chi connectivity index (χ2n) is 9.30. The zero-order valence-electron chi connectivity index (χ0n) is 19.1. The van der Waals surface area contributed by atoms with Crippen LogP contribution < -0.4 is 0 Å². The second kappa shape index (κ2) is 10.4. The first-order valence-corrected chi connectivity index (χ1v) is 12.1. The lowest BCUT2D eigenvalue weighted by atomic mass is 9.74. The maximum atomic E-state index is 10.2. The van der Waals surface area contributed by atoms with E-state index in [0.29, 0.717) is 12.0 Å². The molecule has 2 aliphatic rings. The summed E-state index contributed by atoms with van der Waals surface area (Å²) >= 11 is 0. The van der Waals surface area contributed by atoms with Crippen molar-refractivity contribution in [2.24, 2.45) is 0 Å². The van der Waals surface area contributed by atoms with Crippen LogP contribution in [0, 0.1) is 0 Å². The molecule has 0 saturated carbocycles. The molecule has 2 saturated heterocycles. The fourth-order valence-electron chi connectivity index (χ4n) is 5.49. The van der Waals surface area contributed by atoms with Gasteiger partial charge in [-0.05, 0) is 54.3 Å². The zero-order chi connectivity index (χ0) is 22.5. The summed E-state index contributed by atoms with van der Waals surface area (Å²) in [6.45, 7) is 4.41. The summed E-state index contributed by atoms with van der Waals surface area (Å²) in [6, 6.07) is 24.2. The van der Waals surface area contributed by atoms with Crippen molar-refractivity contribution >= 4 is 12.2 Å². The monoisotopic (exact) mass is 439 g/mol. The Morgan fingerprint density at radius 3 is 2.36 bits per heavy atom. The minimum atomic E-state index is 0.221. The molecule has 2 aliphatic heterocycles. The van der Waals surface area contributed by atoms with Crippen LogP contribution in [0.1, 0.15) is 41.0 Å². The average Bonchev–Trinajstić information content (AvgIpc) is 2.85. The van der Waals surface area contributed by atoms with Crippen molar-refractivity contribution in [3.63, 3.8) is 0 Å². The van der Waals surface area contributed by atoms with Crippen LogP contribution in [0.2, 0.25) is 0 Å². The third-order valence-corrected chi connectivity index (χ3v) is 7.17. The molecule has 0 amide bonds. The molecule has 1 N–H and O–H groups in total. The molecule has 170 valence electrons. The van der Waals surface area contributed by atoms with E-state index in [9.17, 15) is 5.11 Å². The maximum absolute atomic E-state index is 10.2. The molecule has 3 atom stereocenters. The van der Waals surface area contributed by atoms with Crippen molar-refractivity contribution in [3.8, 4) is 0 Å². The first-order valence-electron chi connectivity index (χ1n) is 12.1. The molecule has 0 unspecified atom stereocenters. The Balaban J connectivity index is 1.31. The maximum Gasteiger partial charge on any atom is 0.0593 e. The molecule has 0 bridgehead atoms. The zero-order valence-corrected chi connectivity index (χ0v) is 19.1. The standard InChI is InChI=1S/C29H33N3O/c33-22-28-29(26-14-12-24(13-15-26)11-10-23-7-2-1-3-8-23)27-21-31(17-4-5-18-32(27)28)20-25-9-6-16-30-19-25/h1-3,6-16,19,27-29,33H,4-5,17-18,20-22H2/t27-,28+,29+/m1/s1. The molecule has 2 aromatic carbocycles. The van der Waals surface area contributed by atoms with Gasteiger partial charge in [-0.2, -0.15) is 0 Å². The van der Waals surface area contributed by atoms with Crippen LogP contribution in [0.5, 0.6) is 0 Å². The summed E-state index contributed by atoms with van der Waals surface area (Å²) in [6.07, 6.45) is 10.5. The van der Waals surface area contributed by atoms with Gasteiger partial charge >= 0.3 is 0 Å². The van der Waals surface area contributed by atoms with Crippen molar-refractivity contribution < 1.29 is 5.11 Å². The molecular weight excluding hydrogens is 406 g/mol. The van der Waals surface area contributed by atoms with Gasteiger partial charge in [0.1, 0.15) is 0 Å². The molecule has 5 rings (SSSR count). The van der Waals surface area contributed by atoms with Crippen LogP contribution in [-0.4, -0.2) is 58.2 Å². The highest BCUT2D eigenvalue weighted by molar-refractivity contribution is 5.69. The molecule has 4 nitrogen and oxygen atoms in total. The smallest absolute Gasteiger partial charge is 0.0593 e. The fraction of sp³-hybridized carbons (Fsp3) is 0.345. The number of pyridine rings is 1. The van der Waals surface area contributed by atoms with E-state index >= 15 is 0 Å².